The Morgan fingerprint density at radius 2 is 1.73 bits per heavy atom. The fourth-order valence-electron chi connectivity index (χ4n) is 3.45. The van der Waals surface area contributed by atoms with Crippen LogP contribution in [0.25, 0.3) is 10.9 Å². The number of hydrogen-bond acceptors (Lipinski definition) is 5. The van der Waals surface area contributed by atoms with Crippen molar-refractivity contribution in [2.24, 2.45) is 7.05 Å². The fraction of sp³-hybridized carbons (Fsp3) is 0.458. The minimum Gasteiger partial charge on any atom is -0.491 e. The van der Waals surface area contributed by atoms with Gasteiger partial charge in [-0.05, 0) is 61.7 Å². The first-order valence-electron chi connectivity index (χ1n) is 10.7. The Morgan fingerprint density at radius 3 is 2.47 bits per heavy atom. The summed E-state index contributed by atoms with van der Waals surface area (Å²) in [5.41, 5.74) is 2.12. The summed E-state index contributed by atoms with van der Waals surface area (Å²) in [6, 6.07) is 11.8. The summed E-state index contributed by atoms with van der Waals surface area (Å²) >= 11 is 0. The Morgan fingerprint density at radius 1 is 1.03 bits per heavy atom. The Bertz CT molecular complexity index is 915. The van der Waals surface area contributed by atoms with Crippen molar-refractivity contribution in [3.8, 4) is 17.2 Å². The van der Waals surface area contributed by atoms with Gasteiger partial charge in [0.1, 0.15) is 23.6 Å². The van der Waals surface area contributed by atoms with Crippen LogP contribution < -0.4 is 9.47 Å². The second-order valence-corrected chi connectivity index (χ2v) is 7.07. The second-order valence-electron chi connectivity index (χ2n) is 7.07. The van der Waals surface area contributed by atoms with Crippen LogP contribution in [0.5, 0.6) is 17.2 Å². The quantitative estimate of drug-likeness (QED) is 0.495. The predicted octanol–water partition coefficient (Wildman–Crippen LogP) is 5.27. The first-order valence-corrected chi connectivity index (χ1v) is 10.7. The molecule has 0 atom stereocenters. The first-order chi connectivity index (χ1) is 14.7. The lowest BCUT2D eigenvalue weighted by atomic mass is 10.1. The highest BCUT2D eigenvalue weighted by molar-refractivity contribution is 5.85. The number of benzene rings is 2. The summed E-state index contributed by atoms with van der Waals surface area (Å²) in [6.07, 6.45) is 4.09. The van der Waals surface area contributed by atoms with Crippen LogP contribution in [0.3, 0.4) is 0 Å². The van der Waals surface area contributed by atoms with E-state index in [1.54, 1.807) is 0 Å². The molecule has 1 saturated heterocycles. The molecule has 1 aromatic heterocycles. The molecule has 0 unspecified atom stereocenters. The number of hydrogen-bond donors (Lipinski definition) is 0. The summed E-state index contributed by atoms with van der Waals surface area (Å²) in [7, 11) is 1.92. The third-order valence-corrected chi connectivity index (χ3v) is 4.87. The van der Waals surface area contributed by atoms with Crippen LogP contribution in [0, 0.1) is 6.92 Å². The van der Waals surface area contributed by atoms with Crippen molar-refractivity contribution in [3.05, 3.63) is 48.2 Å². The van der Waals surface area contributed by atoms with Gasteiger partial charge in [-0.15, -0.1) is 0 Å². The number of nitrogens with zero attached hydrogens (tertiary/aromatic N) is 2. The second kappa shape index (κ2) is 11.0. The van der Waals surface area contributed by atoms with Gasteiger partial charge in [-0.3, -0.25) is 4.68 Å². The summed E-state index contributed by atoms with van der Waals surface area (Å²) in [5.74, 6) is 2.37. The van der Waals surface area contributed by atoms with E-state index >= 15 is 0 Å². The summed E-state index contributed by atoms with van der Waals surface area (Å²) < 4.78 is 24.9. The number of aryl methyl sites for hydroxylation is 2. The van der Waals surface area contributed by atoms with Crippen LogP contribution in [0.1, 0.15) is 32.3 Å². The van der Waals surface area contributed by atoms with Gasteiger partial charge >= 0.3 is 0 Å². The van der Waals surface area contributed by atoms with Crippen molar-refractivity contribution in [1.82, 2.24) is 9.78 Å². The molecule has 0 amide bonds. The van der Waals surface area contributed by atoms with Crippen LogP contribution in [0.2, 0.25) is 0 Å². The zero-order valence-corrected chi connectivity index (χ0v) is 18.4. The van der Waals surface area contributed by atoms with Crippen molar-refractivity contribution in [2.75, 3.05) is 26.4 Å². The lowest BCUT2D eigenvalue weighted by Crippen LogP contribution is -2.25. The smallest absolute Gasteiger partial charge is 0.153 e. The number of ether oxygens (including phenoxy) is 4. The van der Waals surface area contributed by atoms with Crippen LogP contribution in [-0.2, 0) is 16.5 Å². The molecule has 6 heteroatoms. The molecule has 0 radical (unpaired) electrons. The molecule has 6 nitrogen and oxygen atoms in total. The summed E-state index contributed by atoms with van der Waals surface area (Å²) in [4.78, 5) is 0. The zero-order valence-electron chi connectivity index (χ0n) is 18.4. The van der Waals surface area contributed by atoms with E-state index in [1.165, 1.54) is 0 Å². The van der Waals surface area contributed by atoms with Gasteiger partial charge in [-0.2, -0.15) is 5.10 Å². The molecule has 2 aromatic carbocycles. The van der Waals surface area contributed by atoms with Gasteiger partial charge in [-0.1, -0.05) is 13.8 Å². The normalized spacial score (nSPS) is 14.3. The molecule has 0 aliphatic carbocycles. The van der Waals surface area contributed by atoms with Crippen molar-refractivity contribution in [1.29, 1.82) is 0 Å². The molecule has 1 fully saturated rings. The molecule has 1 aliphatic heterocycles. The first kappa shape index (κ1) is 22.1. The molecule has 162 valence electrons. The molecular weight excluding hydrogens is 380 g/mol. The van der Waals surface area contributed by atoms with Gasteiger partial charge < -0.3 is 18.9 Å². The van der Waals surface area contributed by atoms with Crippen molar-refractivity contribution >= 4 is 10.9 Å². The average Bonchev–Trinajstić information content (AvgIpc) is 3.15. The highest BCUT2D eigenvalue weighted by atomic mass is 16.5. The van der Waals surface area contributed by atoms with E-state index in [-0.39, 0.29) is 0 Å². The van der Waals surface area contributed by atoms with Crippen LogP contribution in [0.15, 0.2) is 42.6 Å². The van der Waals surface area contributed by atoms with E-state index in [9.17, 15) is 0 Å². The van der Waals surface area contributed by atoms with Gasteiger partial charge in [-0.25, -0.2) is 0 Å². The van der Waals surface area contributed by atoms with Crippen LogP contribution in [-0.4, -0.2) is 42.3 Å². The monoisotopic (exact) mass is 412 g/mol. The van der Waals surface area contributed by atoms with E-state index in [4.69, 9.17) is 18.9 Å². The largest absolute Gasteiger partial charge is 0.491 e. The Labute approximate surface area is 178 Å². The molecule has 0 bridgehead atoms. The van der Waals surface area contributed by atoms with Crippen molar-refractivity contribution < 1.29 is 18.9 Å². The third-order valence-electron chi connectivity index (χ3n) is 4.87. The number of aromatic nitrogens is 2. The number of rotatable bonds is 7. The van der Waals surface area contributed by atoms with Gasteiger partial charge in [0.15, 0.2) is 5.75 Å². The van der Waals surface area contributed by atoms with E-state index in [1.807, 2.05) is 62.1 Å². The van der Waals surface area contributed by atoms with E-state index in [0.717, 1.165) is 59.8 Å². The summed E-state index contributed by atoms with van der Waals surface area (Å²) in [5, 5.41) is 5.40. The van der Waals surface area contributed by atoms with Crippen molar-refractivity contribution in [3.63, 3.8) is 0 Å². The number of fused-ring (bicyclic) bond motifs is 1. The lowest BCUT2D eigenvalue weighted by Gasteiger charge is -2.22. The molecule has 30 heavy (non-hydrogen) atoms. The molecule has 3 aromatic rings. The Balaban J connectivity index is 0.00000124. The van der Waals surface area contributed by atoms with Gasteiger partial charge in [0.2, 0.25) is 0 Å². The molecule has 0 N–H and O–H groups in total. The molecule has 0 spiro atoms. The highest BCUT2D eigenvalue weighted by Crippen LogP contribution is 2.31. The highest BCUT2D eigenvalue weighted by Gasteiger charge is 2.14. The molecular formula is C24H32N2O4. The maximum absolute atomic E-state index is 6.12. The van der Waals surface area contributed by atoms with E-state index < -0.39 is 0 Å². The maximum atomic E-state index is 6.12. The average molecular weight is 413 g/mol. The van der Waals surface area contributed by atoms with E-state index in [2.05, 4.69) is 18.1 Å². The lowest BCUT2D eigenvalue weighted by molar-refractivity contribution is -0.0388. The molecule has 2 heterocycles. The van der Waals surface area contributed by atoms with Crippen LogP contribution >= 0.6 is 0 Å². The minimum absolute atomic E-state index is 0.297. The SMILES string of the molecule is CC.Cc1cc(Oc2ccc(OCCOC3CCOCC3)cc2)c2c(cnn2C)c1. The Hall–Kier alpha value is -2.57. The van der Waals surface area contributed by atoms with Crippen LogP contribution in [0.4, 0.5) is 0 Å². The summed E-state index contributed by atoms with van der Waals surface area (Å²) in [6.45, 7) is 8.76. The molecule has 4 rings (SSSR count). The third kappa shape index (κ3) is 5.74. The van der Waals surface area contributed by atoms with Crippen molar-refractivity contribution in [2.45, 2.75) is 39.7 Å². The zero-order chi connectivity index (χ0) is 21.3. The van der Waals surface area contributed by atoms with Gasteiger partial charge in [0.25, 0.3) is 0 Å². The Kier molecular flexibility index (Phi) is 8.11. The predicted molar refractivity (Wildman–Crippen MR) is 119 cm³/mol. The topological polar surface area (TPSA) is 54.7 Å². The van der Waals surface area contributed by atoms with Gasteiger partial charge in [0.05, 0.1) is 18.9 Å². The standard InChI is InChI=1S/C22H26N2O4.C2H6/c1-16-13-17-15-23-24(2)22(17)21(14-16)28-20-5-3-18(4-6-20)26-11-12-27-19-7-9-25-10-8-19;1-2/h3-6,13-15,19H,7-12H2,1-2H3;1-2H3. The molecule has 0 saturated carbocycles. The fourth-order valence-corrected chi connectivity index (χ4v) is 3.45. The molecule has 1 aliphatic rings. The van der Waals surface area contributed by atoms with E-state index in [0.29, 0.717) is 19.3 Å². The van der Waals surface area contributed by atoms with Gasteiger partial charge in [0, 0.05) is 25.6 Å². The maximum Gasteiger partial charge on any atom is 0.153 e. The minimum atomic E-state index is 0.297.